The predicted octanol–water partition coefficient (Wildman–Crippen LogP) is 4.18. The van der Waals surface area contributed by atoms with Gasteiger partial charge in [-0.15, -0.1) is 0 Å². The van der Waals surface area contributed by atoms with Gasteiger partial charge in [0.15, 0.2) is 0 Å². The minimum absolute atomic E-state index is 0.671. The van der Waals surface area contributed by atoms with E-state index in [2.05, 4.69) is 43.8 Å². The Morgan fingerprint density at radius 1 is 1.36 bits per heavy atom. The van der Waals surface area contributed by atoms with Gasteiger partial charge in [0.05, 0.1) is 11.1 Å². The maximum Gasteiger partial charge on any atom is 0.228 e. The number of nitrogens with zero attached hydrogens (tertiary/aromatic N) is 1. The average Bonchev–Trinajstić information content (AvgIpc) is 2.15. The molecule has 0 fully saturated rings. The largest absolute Gasteiger partial charge is 0.477 e. The summed E-state index contributed by atoms with van der Waals surface area (Å²) in [7, 11) is 0. The highest BCUT2D eigenvalue weighted by atomic mass is 79.9. The summed E-state index contributed by atoms with van der Waals surface area (Å²) in [4.78, 5) is 4.16. The molecule has 0 aliphatic rings. The number of pyridine rings is 1. The average molecular weight is 323 g/mol. The summed E-state index contributed by atoms with van der Waals surface area (Å²) in [5.41, 5.74) is 0. The van der Waals surface area contributed by atoms with Crippen LogP contribution in [0.15, 0.2) is 21.2 Å². The molecule has 0 amide bonds. The van der Waals surface area contributed by atoms with Crippen LogP contribution < -0.4 is 4.74 Å². The topological polar surface area (TPSA) is 22.1 Å². The zero-order valence-corrected chi connectivity index (χ0v) is 11.3. The van der Waals surface area contributed by atoms with Gasteiger partial charge in [-0.2, -0.15) is 0 Å². The Hall–Kier alpha value is -0.0900. The lowest BCUT2D eigenvalue weighted by molar-refractivity contribution is 0.293. The number of hydrogen-bond donors (Lipinski definition) is 0. The summed E-state index contributed by atoms with van der Waals surface area (Å²) in [6.07, 6.45) is 5.23. The molecule has 1 heterocycles. The van der Waals surface area contributed by atoms with Gasteiger partial charge in [-0.05, 0) is 44.3 Å². The monoisotopic (exact) mass is 321 g/mol. The summed E-state index contributed by atoms with van der Waals surface area (Å²) in [5.74, 6) is 0.671. The first-order chi connectivity index (χ1) is 6.74. The van der Waals surface area contributed by atoms with E-state index in [1.807, 2.05) is 6.07 Å². The number of unbranched alkanes of at least 4 members (excludes halogenated alkanes) is 2. The third-order valence-electron chi connectivity index (χ3n) is 1.76. The molecular formula is C10H13Br2NO. The molecule has 0 saturated carbocycles. The lowest BCUT2D eigenvalue weighted by Crippen LogP contribution is -1.99. The maximum atomic E-state index is 5.52. The van der Waals surface area contributed by atoms with Gasteiger partial charge in [-0.25, -0.2) is 4.98 Å². The van der Waals surface area contributed by atoms with Gasteiger partial charge in [0.25, 0.3) is 0 Å². The Kier molecular flexibility index (Phi) is 5.48. The molecule has 1 aromatic rings. The van der Waals surface area contributed by atoms with E-state index in [9.17, 15) is 0 Å². The van der Waals surface area contributed by atoms with Gasteiger partial charge in [-0.3, -0.25) is 0 Å². The van der Waals surface area contributed by atoms with Crippen LogP contribution in [0.3, 0.4) is 0 Å². The SMILES string of the molecule is CCCCCOc1ncc(Br)cc1Br. The van der Waals surface area contributed by atoms with Crippen LogP contribution in [0.25, 0.3) is 0 Å². The molecule has 0 saturated heterocycles. The second-order valence-electron chi connectivity index (χ2n) is 3.00. The first kappa shape index (κ1) is 12.0. The third kappa shape index (κ3) is 3.96. The van der Waals surface area contributed by atoms with E-state index in [1.54, 1.807) is 6.20 Å². The van der Waals surface area contributed by atoms with Gasteiger partial charge in [0.2, 0.25) is 5.88 Å². The zero-order valence-electron chi connectivity index (χ0n) is 8.09. The molecule has 0 spiro atoms. The Bertz CT molecular complexity index is 291. The van der Waals surface area contributed by atoms with Gasteiger partial charge in [0.1, 0.15) is 0 Å². The van der Waals surface area contributed by atoms with Crippen LogP contribution in [0, 0.1) is 0 Å². The van der Waals surface area contributed by atoms with Crippen molar-refractivity contribution >= 4 is 31.9 Å². The summed E-state index contributed by atoms with van der Waals surface area (Å²) < 4.78 is 7.36. The fourth-order valence-corrected chi connectivity index (χ4v) is 2.13. The second kappa shape index (κ2) is 6.40. The molecule has 0 bridgehead atoms. The van der Waals surface area contributed by atoms with E-state index in [4.69, 9.17) is 4.74 Å². The molecule has 78 valence electrons. The fraction of sp³-hybridized carbons (Fsp3) is 0.500. The quantitative estimate of drug-likeness (QED) is 0.759. The summed E-state index contributed by atoms with van der Waals surface area (Å²) in [6, 6.07) is 1.93. The molecule has 0 N–H and O–H groups in total. The molecule has 14 heavy (non-hydrogen) atoms. The molecule has 0 aromatic carbocycles. The maximum absolute atomic E-state index is 5.52. The highest BCUT2D eigenvalue weighted by Gasteiger charge is 2.02. The van der Waals surface area contributed by atoms with Crippen LogP contribution in [0.4, 0.5) is 0 Å². The van der Waals surface area contributed by atoms with Crippen LogP contribution in [-0.2, 0) is 0 Å². The third-order valence-corrected chi connectivity index (χ3v) is 2.76. The Labute approximate surface area is 101 Å². The molecule has 1 aromatic heterocycles. The predicted molar refractivity (Wildman–Crippen MR) is 64.7 cm³/mol. The Morgan fingerprint density at radius 2 is 2.14 bits per heavy atom. The minimum atomic E-state index is 0.671. The molecule has 0 radical (unpaired) electrons. The van der Waals surface area contributed by atoms with E-state index < -0.39 is 0 Å². The van der Waals surface area contributed by atoms with E-state index >= 15 is 0 Å². The zero-order chi connectivity index (χ0) is 10.4. The molecule has 0 aliphatic heterocycles. The standard InChI is InChI=1S/C10H13Br2NO/c1-2-3-4-5-14-10-9(12)6-8(11)7-13-10/h6-7H,2-5H2,1H3. The first-order valence-corrected chi connectivity index (χ1v) is 6.26. The van der Waals surface area contributed by atoms with Crippen molar-refractivity contribution in [3.8, 4) is 5.88 Å². The Morgan fingerprint density at radius 3 is 2.79 bits per heavy atom. The van der Waals surface area contributed by atoms with Crippen molar-refractivity contribution in [3.63, 3.8) is 0 Å². The highest BCUT2D eigenvalue weighted by molar-refractivity contribution is 9.11. The van der Waals surface area contributed by atoms with Gasteiger partial charge in [-0.1, -0.05) is 19.8 Å². The molecule has 0 unspecified atom stereocenters. The van der Waals surface area contributed by atoms with Gasteiger partial charge >= 0.3 is 0 Å². The van der Waals surface area contributed by atoms with Gasteiger partial charge in [0, 0.05) is 10.7 Å². The number of halogens is 2. The van der Waals surface area contributed by atoms with Crippen molar-refractivity contribution in [3.05, 3.63) is 21.2 Å². The second-order valence-corrected chi connectivity index (χ2v) is 4.77. The van der Waals surface area contributed by atoms with Gasteiger partial charge < -0.3 is 4.74 Å². The van der Waals surface area contributed by atoms with Crippen molar-refractivity contribution < 1.29 is 4.74 Å². The lowest BCUT2D eigenvalue weighted by Gasteiger charge is -2.06. The summed E-state index contributed by atoms with van der Waals surface area (Å²) in [5, 5.41) is 0. The van der Waals surface area contributed by atoms with Crippen LogP contribution >= 0.6 is 31.9 Å². The lowest BCUT2D eigenvalue weighted by atomic mass is 10.3. The van der Waals surface area contributed by atoms with E-state index in [0.717, 1.165) is 22.0 Å². The van der Waals surface area contributed by atoms with E-state index in [0.29, 0.717) is 5.88 Å². The van der Waals surface area contributed by atoms with Crippen molar-refractivity contribution in [1.82, 2.24) is 4.98 Å². The molecule has 0 atom stereocenters. The normalized spacial score (nSPS) is 10.2. The molecule has 0 aliphatic carbocycles. The molecule has 4 heteroatoms. The number of rotatable bonds is 5. The molecular weight excluding hydrogens is 310 g/mol. The van der Waals surface area contributed by atoms with Crippen LogP contribution in [0.1, 0.15) is 26.2 Å². The highest BCUT2D eigenvalue weighted by Crippen LogP contribution is 2.25. The van der Waals surface area contributed by atoms with Crippen molar-refractivity contribution in [2.75, 3.05) is 6.61 Å². The number of ether oxygens (including phenoxy) is 1. The number of hydrogen-bond acceptors (Lipinski definition) is 2. The minimum Gasteiger partial charge on any atom is -0.477 e. The smallest absolute Gasteiger partial charge is 0.228 e. The fourth-order valence-electron chi connectivity index (χ4n) is 1.03. The number of aromatic nitrogens is 1. The molecule has 2 nitrogen and oxygen atoms in total. The van der Waals surface area contributed by atoms with E-state index in [1.165, 1.54) is 12.8 Å². The summed E-state index contributed by atoms with van der Waals surface area (Å²) >= 11 is 6.74. The van der Waals surface area contributed by atoms with Crippen molar-refractivity contribution in [2.24, 2.45) is 0 Å². The first-order valence-electron chi connectivity index (χ1n) is 4.68. The molecule has 1 rings (SSSR count). The van der Waals surface area contributed by atoms with Crippen LogP contribution in [0.2, 0.25) is 0 Å². The van der Waals surface area contributed by atoms with Crippen molar-refractivity contribution in [2.45, 2.75) is 26.2 Å². The Balaban J connectivity index is 2.42. The van der Waals surface area contributed by atoms with Crippen molar-refractivity contribution in [1.29, 1.82) is 0 Å². The summed E-state index contributed by atoms with van der Waals surface area (Å²) in [6.45, 7) is 2.91. The van der Waals surface area contributed by atoms with E-state index in [-0.39, 0.29) is 0 Å². The van der Waals surface area contributed by atoms with Crippen LogP contribution in [0.5, 0.6) is 5.88 Å². The van der Waals surface area contributed by atoms with Crippen LogP contribution in [-0.4, -0.2) is 11.6 Å².